The Morgan fingerprint density at radius 2 is 2.12 bits per heavy atom. The molecule has 2 rings (SSSR count). The van der Waals surface area contributed by atoms with E-state index in [-0.39, 0.29) is 11.9 Å². The van der Waals surface area contributed by atoms with E-state index in [2.05, 4.69) is 13.8 Å². The van der Waals surface area contributed by atoms with Gasteiger partial charge in [-0.05, 0) is 31.0 Å². The summed E-state index contributed by atoms with van der Waals surface area (Å²) in [6.07, 6.45) is 2.39. The van der Waals surface area contributed by atoms with E-state index in [0.717, 1.165) is 25.0 Å². The second-order valence-electron chi connectivity index (χ2n) is 4.27. The molecule has 17 heavy (non-hydrogen) atoms. The molecule has 92 valence electrons. The van der Waals surface area contributed by atoms with Gasteiger partial charge in [0.2, 0.25) is 5.78 Å². The third-order valence-corrected chi connectivity index (χ3v) is 2.80. The Morgan fingerprint density at radius 1 is 1.29 bits per heavy atom. The quantitative estimate of drug-likeness (QED) is 0.784. The van der Waals surface area contributed by atoms with Crippen LogP contribution in [0.25, 0.3) is 0 Å². The van der Waals surface area contributed by atoms with Crippen LogP contribution in [0.4, 0.5) is 0 Å². The molecule has 0 aromatic heterocycles. The molecule has 1 heterocycles. The predicted octanol–water partition coefficient (Wildman–Crippen LogP) is 3.22. The van der Waals surface area contributed by atoms with E-state index in [4.69, 9.17) is 9.47 Å². The average Bonchev–Trinajstić information content (AvgIpc) is 2.65. The SMILES string of the molecule is CCCOc1ccc2c(c1)C(=O)C(CCC)O2. The maximum atomic E-state index is 12.0. The van der Waals surface area contributed by atoms with Crippen molar-refractivity contribution in [2.24, 2.45) is 0 Å². The smallest absolute Gasteiger partial charge is 0.207 e. The number of hydrogen-bond acceptors (Lipinski definition) is 3. The van der Waals surface area contributed by atoms with Crippen molar-refractivity contribution < 1.29 is 14.3 Å². The van der Waals surface area contributed by atoms with Gasteiger partial charge < -0.3 is 9.47 Å². The lowest BCUT2D eigenvalue weighted by atomic mass is 10.1. The first-order valence-corrected chi connectivity index (χ1v) is 6.24. The van der Waals surface area contributed by atoms with Crippen molar-refractivity contribution in [1.29, 1.82) is 0 Å². The first-order chi connectivity index (χ1) is 8.26. The van der Waals surface area contributed by atoms with Crippen molar-refractivity contribution in [3.8, 4) is 11.5 Å². The Labute approximate surface area is 102 Å². The average molecular weight is 234 g/mol. The number of fused-ring (bicyclic) bond motifs is 1. The van der Waals surface area contributed by atoms with E-state index in [9.17, 15) is 4.79 Å². The van der Waals surface area contributed by atoms with Crippen LogP contribution in [0.3, 0.4) is 0 Å². The van der Waals surface area contributed by atoms with Crippen LogP contribution in [0.5, 0.6) is 11.5 Å². The Balaban J connectivity index is 2.16. The summed E-state index contributed by atoms with van der Waals surface area (Å²) in [4.78, 5) is 12.0. The molecule has 0 fully saturated rings. The Hall–Kier alpha value is -1.51. The number of hydrogen-bond donors (Lipinski definition) is 0. The van der Waals surface area contributed by atoms with Gasteiger partial charge in [0.25, 0.3) is 0 Å². The molecule has 3 heteroatoms. The molecular weight excluding hydrogens is 216 g/mol. The van der Waals surface area contributed by atoms with E-state index < -0.39 is 0 Å². The number of ether oxygens (including phenoxy) is 2. The third-order valence-electron chi connectivity index (χ3n) is 2.80. The van der Waals surface area contributed by atoms with Crippen molar-refractivity contribution in [3.05, 3.63) is 23.8 Å². The largest absolute Gasteiger partial charge is 0.494 e. The van der Waals surface area contributed by atoms with Crippen LogP contribution >= 0.6 is 0 Å². The molecular formula is C14H18O3. The third kappa shape index (κ3) is 2.43. The maximum absolute atomic E-state index is 12.0. The molecule has 0 saturated heterocycles. The summed E-state index contributed by atoms with van der Waals surface area (Å²) in [5.41, 5.74) is 0.664. The topological polar surface area (TPSA) is 35.5 Å². The van der Waals surface area contributed by atoms with Gasteiger partial charge in [-0.25, -0.2) is 0 Å². The van der Waals surface area contributed by atoms with Gasteiger partial charge in [-0.15, -0.1) is 0 Å². The van der Waals surface area contributed by atoms with Gasteiger partial charge >= 0.3 is 0 Å². The van der Waals surface area contributed by atoms with Crippen LogP contribution in [-0.4, -0.2) is 18.5 Å². The summed E-state index contributed by atoms with van der Waals surface area (Å²) in [6, 6.07) is 5.48. The molecule has 1 atom stereocenters. The van der Waals surface area contributed by atoms with Gasteiger partial charge in [0, 0.05) is 0 Å². The normalized spacial score (nSPS) is 17.8. The Morgan fingerprint density at radius 3 is 2.82 bits per heavy atom. The minimum absolute atomic E-state index is 0.0869. The standard InChI is InChI=1S/C14H18O3/c1-3-5-13-14(15)11-9-10(16-8-4-2)6-7-12(11)17-13/h6-7,9,13H,3-5,8H2,1-2H3. The molecule has 0 bridgehead atoms. The lowest BCUT2D eigenvalue weighted by Gasteiger charge is -2.06. The van der Waals surface area contributed by atoms with Gasteiger partial charge in [0.1, 0.15) is 11.5 Å². The number of carbonyl (C=O) groups is 1. The number of Topliss-reactive ketones (excluding diaryl/α,β-unsaturated/α-hetero) is 1. The molecule has 0 N–H and O–H groups in total. The second-order valence-corrected chi connectivity index (χ2v) is 4.27. The van der Waals surface area contributed by atoms with Crippen molar-refractivity contribution in [3.63, 3.8) is 0 Å². The zero-order valence-electron chi connectivity index (χ0n) is 10.4. The van der Waals surface area contributed by atoms with Gasteiger partial charge in [-0.3, -0.25) is 4.79 Å². The monoisotopic (exact) mass is 234 g/mol. The Kier molecular flexibility index (Phi) is 3.67. The van der Waals surface area contributed by atoms with E-state index in [0.29, 0.717) is 17.9 Å². The fourth-order valence-corrected chi connectivity index (χ4v) is 1.95. The van der Waals surface area contributed by atoms with E-state index in [1.807, 2.05) is 12.1 Å². The molecule has 1 aliphatic heterocycles. The number of benzene rings is 1. The highest BCUT2D eigenvalue weighted by Gasteiger charge is 2.31. The minimum atomic E-state index is -0.295. The summed E-state index contributed by atoms with van der Waals surface area (Å²) in [5.74, 6) is 1.53. The van der Waals surface area contributed by atoms with E-state index in [1.165, 1.54) is 0 Å². The second kappa shape index (κ2) is 5.21. The fourth-order valence-electron chi connectivity index (χ4n) is 1.95. The van der Waals surface area contributed by atoms with Gasteiger partial charge in [-0.2, -0.15) is 0 Å². The molecule has 1 aromatic carbocycles. The van der Waals surface area contributed by atoms with Gasteiger partial charge in [0.15, 0.2) is 6.10 Å². The summed E-state index contributed by atoms with van der Waals surface area (Å²) in [7, 11) is 0. The highest BCUT2D eigenvalue weighted by Crippen LogP contribution is 2.33. The zero-order chi connectivity index (χ0) is 12.3. The molecule has 1 unspecified atom stereocenters. The highest BCUT2D eigenvalue weighted by atomic mass is 16.5. The summed E-state index contributed by atoms with van der Waals surface area (Å²) < 4.78 is 11.1. The van der Waals surface area contributed by atoms with E-state index >= 15 is 0 Å². The molecule has 1 aliphatic rings. The molecule has 0 radical (unpaired) electrons. The van der Waals surface area contributed by atoms with Crippen LogP contribution in [0.1, 0.15) is 43.5 Å². The van der Waals surface area contributed by atoms with Crippen LogP contribution in [0.15, 0.2) is 18.2 Å². The van der Waals surface area contributed by atoms with Crippen LogP contribution in [0, 0.1) is 0 Å². The van der Waals surface area contributed by atoms with Crippen LogP contribution in [-0.2, 0) is 0 Å². The number of carbonyl (C=O) groups excluding carboxylic acids is 1. The van der Waals surface area contributed by atoms with Crippen molar-refractivity contribution in [2.45, 2.75) is 39.2 Å². The van der Waals surface area contributed by atoms with E-state index in [1.54, 1.807) is 6.07 Å². The maximum Gasteiger partial charge on any atom is 0.207 e. The minimum Gasteiger partial charge on any atom is -0.494 e. The fraction of sp³-hybridized carbons (Fsp3) is 0.500. The zero-order valence-corrected chi connectivity index (χ0v) is 10.4. The first kappa shape index (κ1) is 12.0. The number of ketones is 1. The highest BCUT2D eigenvalue weighted by molar-refractivity contribution is 6.04. The molecule has 0 saturated carbocycles. The molecule has 0 aliphatic carbocycles. The van der Waals surface area contributed by atoms with Crippen molar-refractivity contribution in [2.75, 3.05) is 6.61 Å². The lowest BCUT2D eigenvalue weighted by Crippen LogP contribution is -2.19. The first-order valence-electron chi connectivity index (χ1n) is 6.24. The van der Waals surface area contributed by atoms with Crippen LogP contribution in [0.2, 0.25) is 0 Å². The lowest BCUT2D eigenvalue weighted by molar-refractivity contribution is 0.0845. The van der Waals surface area contributed by atoms with Crippen LogP contribution < -0.4 is 9.47 Å². The summed E-state index contributed by atoms with van der Waals surface area (Å²) in [5, 5.41) is 0. The molecule has 0 amide bonds. The molecule has 1 aromatic rings. The van der Waals surface area contributed by atoms with Gasteiger partial charge in [-0.1, -0.05) is 20.3 Å². The predicted molar refractivity (Wildman–Crippen MR) is 65.9 cm³/mol. The Bertz CT molecular complexity index is 412. The van der Waals surface area contributed by atoms with Crippen molar-refractivity contribution >= 4 is 5.78 Å². The van der Waals surface area contributed by atoms with Crippen molar-refractivity contribution in [1.82, 2.24) is 0 Å². The summed E-state index contributed by atoms with van der Waals surface area (Å²) >= 11 is 0. The summed E-state index contributed by atoms with van der Waals surface area (Å²) in [6.45, 7) is 4.78. The number of rotatable bonds is 5. The molecule has 3 nitrogen and oxygen atoms in total. The van der Waals surface area contributed by atoms with Gasteiger partial charge in [0.05, 0.1) is 12.2 Å². The molecule has 0 spiro atoms.